The van der Waals surface area contributed by atoms with Gasteiger partial charge in [-0.15, -0.1) is 0 Å². The number of hydrogen-bond donors (Lipinski definition) is 0. The first-order chi connectivity index (χ1) is 10.2. The molecule has 1 heterocycles. The molecule has 21 heavy (non-hydrogen) atoms. The summed E-state index contributed by atoms with van der Waals surface area (Å²) >= 11 is 6.22. The van der Waals surface area contributed by atoms with Crippen molar-refractivity contribution in [3.05, 3.63) is 34.9 Å². The van der Waals surface area contributed by atoms with Crippen molar-refractivity contribution in [1.29, 1.82) is 0 Å². The summed E-state index contributed by atoms with van der Waals surface area (Å²) < 4.78 is 0. The van der Waals surface area contributed by atoms with Crippen molar-refractivity contribution in [2.45, 2.75) is 44.7 Å². The molecule has 1 saturated carbocycles. The minimum atomic E-state index is 0.260. The Morgan fingerprint density at radius 2 is 1.86 bits per heavy atom. The van der Waals surface area contributed by atoms with E-state index in [1.54, 1.807) is 0 Å². The van der Waals surface area contributed by atoms with E-state index >= 15 is 0 Å². The van der Waals surface area contributed by atoms with Crippen LogP contribution >= 0.6 is 11.6 Å². The third-order valence-electron chi connectivity index (χ3n) is 4.78. The summed E-state index contributed by atoms with van der Waals surface area (Å²) in [5.41, 5.74) is 1.04. The van der Waals surface area contributed by atoms with Gasteiger partial charge in [0.15, 0.2) is 0 Å². The van der Waals surface area contributed by atoms with Gasteiger partial charge in [-0.2, -0.15) is 0 Å². The lowest BCUT2D eigenvalue weighted by molar-refractivity contribution is -0.130. The van der Waals surface area contributed by atoms with E-state index < -0.39 is 0 Å². The molecule has 1 aliphatic carbocycles. The van der Waals surface area contributed by atoms with Gasteiger partial charge in [0.25, 0.3) is 0 Å². The molecule has 1 aromatic carbocycles. The van der Waals surface area contributed by atoms with Gasteiger partial charge in [0.2, 0.25) is 5.91 Å². The van der Waals surface area contributed by atoms with E-state index in [1.807, 2.05) is 29.2 Å². The Bertz CT molecular complexity index is 499. The van der Waals surface area contributed by atoms with Gasteiger partial charge in [-0.05, 0) is 24.5 Å². The molecule has 1 saturated heterocycles. The molecule has 0 spiro atoms. The highest BCUT2D eigenvalue weighted by atomic mass is 35.5. The molecule has 2 fully saturated rings. The van der Waals surface area contributed by atoms with Gasteiger partial charge in [-0.1, -0.05) is 42.6 Å². The molecule has 3 nitrogen and oxygen atoms in total. The van der Waals surface area contributed by atoms with Crippen LogP contribution < -0.4 is 0 Å². The number of hydrogen-bond acceptors (Lipinski definition) is 2. The molecule has 0 radical (unpaired) electrons. The summed E-state index contributed by atoms with van der Waals surface area (Å²) in [6.45, 7) is 3.38. The molecular formula is C17H23ClN2O. The summed E-state index contributed by atoms with van der Waals surface area (Å²) in [5, 5.41) is 0.752. The van der Waals surface area contributed by atoms with Crippen molar-refractivity contribution < 1.29 is 4.79 Å². The second-order valence-corrected chi connectivity index (χ2v) is 6.54. The fraction of sp³-hybridized carbons (Fsp3) is 0.588. The van der Waals surface area contributed by atoms with Crippen molar-refractivity contribution in [3.63, 3.8) is 0 Å². The number of carbonyl (C=O) groups is 1. The summed E-state index contributed by atoms with van der Waals surface area (Å²) in [4.78, 5) is 16.8. The first kappa shape index (κ1) is 14.9. The SMILES string of the molecule is O=C1CCN(C2CCCC2)CCN1Cc1ccccc1Cl. The van der Waals surface area contributed by atoms with Gasteiger partial charge in [-0.25, -0.2) is 0 Å². The van der Waals surface area contributed by atoms with Crippen LogP contribution in [0, 0.1) is 0 Å². The maximum absolute atomic E-state index is 12.3. The standard InChI is InChI=1S/C17H23ClN2O/c18-16-8-4-1-5-14(16)13-20-12-11-19(10-9-17(20)21)15-6-2-3-7-15/h1,4-5,8,15H,2-3,6-7,9-13H2. The van der Waals surface area contributed by atoms with E-state index in [0.717, 1.165) is 30.2 Å². The predicted octanol–water partition coefficient (Wildman–Crippen LogP) is 3.32. The van der Waals surface area contributed by atoms with Crippen LogP contribution in [-0.4, -0.2) is 41.4 Å². The van der Waals surface area contributed by atoms with Gasteiger partial charge in [-0.3, -0.25) is 9.69 Å². The average Bonchev–Trinajstić information content (AvgIpc) is 2.95. The van der Waals surface area contributed by atoms with Crippen LogP contribution in [-0.2, 0) is 11.3 Å². The quantitative estimate of drug-likeness (QED) is 0.855. The van der Waals surface area contributed by atoms with Crippen LogP contribution in [0.3, 0.4) is 0 Å². The Kier molecular flexibility index (Phi) is 4.81. The zero-order valence-electron chi connectivity index (χ0n) is 12.4. The molecule has 0 aromatic heterocycles. The number of carbonyl (C=O) groups excluding carboxylic acids is 1. The van der Waals surface area contributed by atoms with E-state index in [9.17, 15) is 4.79 Å². The van der Waals surface area contributed by atoms with Gasteiger partial charge >= 0.3 is 0 Å². The van der Waals surface area contributed by atoms with E-state index in [2.05, 4.69) is 4.90 Å². The highest BCUT2D eigenvalue weighted by Crippen LogP contribution is 2.25. The molecule has 0 atom stereocenters. The Morgan fingerprint density at radius 1 is 1.10 bits per heavy atom. The van der Waals surface area contributed by atoms with Crippen LogP contribution in [0.5, 0.6) is 0 Å². The number of amides is 1. The molecule has 1 aliphatic heterocycles. The molecule has 0 unspecified atom stereocenters. The highest BCUT2D eigenvalue weighted by Gasteiger charge is 2.27. The van der Waals surface area contributed by atoms with E-state index in [4.69, 9.17) is 11.6 Å². The van der Waals surface area contributed by atoms with Crippen LogP contribution in [0.15, 0.2) is 24.3 Å². The lowest BCUT2D eigenvalue weighted by Gasteiger charge is -2.27. The normalized spacial score (nSPS) is 21.8. The van der Waals surface area contributed by atoms with Crippen molar-refractivity contribution in [1.82, 2.24) is 9.80 Å². The van der Waals surface area contributed by atoms with Crippen LogP contribution in [0.25, 0.3) is 0 Å². The maximum Gasteiger partial charge on any atom is 0.224 e. The molecule has 2 aliphatic rings. The van der Waals surface area contributed by atoms with Crippen LogP contribution in [0.2, 0.25) is 5.02 Å². The van der Waals surface area contributed by atoms with E-state index in [0.29, 0.717) is 19.0 Å². The number of nitrogens with zero attached hydrogens (tertiary/aromatic N) is 2. The first-order valence-corrected chi connectivity index (χ1v) is 8.37. The van der Waals surface area contributed by atoms with Crippen LogP contribution in [0.4, 0.5) is 0 Å². The topological polar surface area (TPSA) is 23.6 Å². The second-order valence-electron chi connectivity index (χ2n) is 6.13. The second kappa shape index (κ2) is 6.80. The third-order valence-corrected chi connectivity index (χ3v) is 5.15. The van der Waals surface area contributed by atoms with Gasteiger partial charge < -0.3 is 4.90 Å². The number of rotatable bonds is 3. The zero-order chi connectivity index (χ0) is 14.7. The Morgan fingerprint density at radius 3 is 2.62 bits per heavy atom. The molecular weight excluding hydrogens is 284 g/mol. The van der Waals surface area contributed by atoms with Crippen LogP contribution in [0.1, 0.15) is 37.7 Å². The van der Waals surface area contributed by atoms with Gasteiger partial charge in [0, 0.05) is 43.7 Å². The average molecular weight is 307 g/mol. The van der Waals surface area contributed by atoms with Crippen molar-refractivity contribution in [3.8, 4) is 0 Å². The highest BCUT2D eigenvalue weighted by molar-refractivity contribution is 6.31. The minimum absolute atomic E-state index is 0.260. The summed E-state index contributed by atoms with van der Waals surface area (Å²) in [6.07, 6.45) is 5.94. The number of halogens is 1. The summed E-state index contributed by atoms with van der Waals surface area (Å²) in [5.74, 6) is 0.260. The fourth-order valence-corrected chi connectivity index (χ4v) is 3.71. The van der Waals surface area contributed by atoms with Gasteiger partial charge in [0.1, 0.15) is 0 Å². The zero-order valence-corrected chi connectivity index (χ0v) is 13.2. The minimum Gasteiger partial charge on any atom is -0.337 e. The number of benzene rings is 1. The predicted molar refractivity (Wildman–Crippen MR) is 85.3 cm³/mol. The van der Waals surface area contributed by atoms with Crippen molar-refractivity contribution >= 4 is 17.5 Å². The molecule has 3 rings (SSSR count). The monoisotopic (exact) mass is 306 g/mol. The Hall–Kier alpha value is -1.06. The Labute approximate surface area is 131 Å². The van der Waals surface area contributed by atoms with Crippen molar-refractivity contribution in [2.75, 3.05) is 19.6 Å². The molecule has 4 heteroatoms. The summed E-state index contributed by atoms with van der Waals surface area (Å²) in [7, 11) is 0. The fourth-order valence-electron chi connectivity index (χ4n) is 3.52. The third kappa shape index (κ3) is 3.58. The molecule has 0 bridgehead atoms. The van der Waals surface area contributed by atoms with E-state index in [-0.39, 0.29) is 5.91 Å². The van der Waals surface area contributed by atoms with E-state index in [1.165, 1.54) is 25.7 Å². The first-order valence-electron chi connectivity index (χ1n) is 7.99. The molecule has 1 aromatic rings. The largest absolute Gasteiger partial charge is 0.337 e. The van der Waals surface area contributed by atoms with Crippen molar-refractivity contribution in [2.24, 2.45) is 0 Å². The molecule has 0 N–H and O–H groups in total. The smallest absolute Gasteiger partial charge is 0.224 e. The lowest BCUT2D eigenvalue weighted by Crippen LogP contribution is -2.37. The molecule has 1 amide bonds. The summed E-state index contributed by atoms with van der Waals surface area (Å²) in [6, 6.07) is 8.52. The molecule has 114 valence electrons. The lowest BCUT2D eigenvalue weighted by atomic mass is 10.2. The Balaban J connectivity index is 1.64. The maximum atomic E-state index is 12.3. The van der Waals surface area contributed by atoms with Gasteiger partial charge in [0.05, 0.1) is 0 Å².